The number of benzene rings is 1. The summed E-state index contributed by atoms with van der Waals surface area (Å²) in [5.74, 6) is -1.91. The van der Waals surface area contributed by atoms with Crippen molar-refractivity contribution >= 4 is 11.4 Å². The maximum atomic E-state index is 13.4. The molecular formula is C11H15F2N3O2. The summed E-state index contributed by atoms with van der Waals surface area (Å²) in [4.78, 5) is 9.56. The van der Waals surface area contributed by atoms with Crippen molar-refractivity contribution in [2.75, 3.05) is 25.0 Å². The summed E-state index contributed by atoms with van der Waals surface area (Å²) in [6.07, 6.45) is 0.698. The Balaban J connectivity index is 2.63. The van der Waals surface area contributed by atoms with Crippen molar-refractivity contribution in [2.24, 2.45) is 0 Å². The van der Waals surface area contributed by atoms with E-state index in [4.69, 9.17) is 0 Å². The van der Waals surface area contributed by atoms with Gasteiger partial charge in [-0.15, -0.1) is 0 Å². The van der Waals surface area contributed by atoms with Crippen LogP contribution in [0.2, 0.25) is 0 Å². The number of nitrogens with zero attached hydrogens (tertiary/aromatic N) is 1. The Morgan fingerprint density at radius 2 is 1.89 bits per heavy atom. The van der Waals surface area contributed by atoms with Crippen molar-refractivity contribution in [3.05, 3.63) is 33.9 Å². The fraction of sp³-hybridized carbons (Fsp3) is 0.455. The van der Waals surface area contributed by atoms with Crippen molar-refractivity contribution in [2.45, 2.75) is 13.3 Å². The minimum Gasteiger partial charge on any atom is -0.380 e. The molecule has 100 valence electrons. The average molecular weight is 259 g/mol. The summed E-state index contributed by atoms with van der Waals surface area (Å²) in [6, 6.07) is 1.41. The number of nitrogens with one attached hydrogen (secondary N) is 2. The molecule has 0 unspecified atom stereocenters. The molecule has 0 aliphatic carbocycles. The molecule has 0 radical (unpaired) electrons. The summed E-state index contributed by atoms with van der Waals surface area (Å²) in [7, 11) is 0. The highest BCUT2D eigenvalue weighted by atomic mass is 19.1. The first-order chi connectivity index (χ1) is 8.56. The number of nitro groups is 1. The third kappa shape index (κ3) is 3.92. The Labute approximate surface area is 103 Å². The number of hydrogen-bond donors (Lipinski definition) is 2. The van der Waals surface area contributed by atoms with E-state index in [0.717, 1.165) is 13.1 Å². The zero-order chi connectivity index (χ0) is 13.5. The topological polar surface area (TPSA) is 67.2 Å². The van der Waals surface area contributed by atoms with Gasteiger partial charge in [0.25, 0.3) is 5.69 Å². The second-order valence-electron chi connectivity index (χ2n) is 3.68. The Hall–Kier alpha value is -1.76. The third-order valence-electron chi connectivity index (χ3n) is 2.32. The summed E-state index contributed by atoms with van der Waals surface area (Å²) in [5.41, 5.74) is -0.916. The van der Waals surface area contributed by atoms with Gasteiger partial charge >= 0.3 is 0 Å². The smallest absolute Gasteiger partial charge is 0.275 e. The van der Waals surface area contributed by atoms with Crippen molar-refractivity contribution < 1.29 is 13.7 Å². The fourth-order valence-electron chi connectivity index (χ4n) is 1.44. The van der Waals surface area contributed by atoms with Crippen LogP contribution in [0.15, 0.2) is 12.1 Å². The van der Waals surface area contributed by atoms with E-state index in [2.05, 4.69) is 10.6 Å². The van der Waals surface area contributed by atoms with E-state index in [1.165, 1.54) is 0 Å². The van der Waals surface area contributed by atoms with E-state index >= 15 is 0 Å². The molecule has 0 saturated carbocycles. The molecule has 1 rings (SSSR count). The van der Waals surface area contributed by atoms with E-state index < -0.39 is 22.2 Å². The largest absolute Gasteiger partial charge is 0.380 e. The zero-order valence-corrected chi connectivity index (χ0v) is 10.0. The van der Waals surface area contributed by atoms with Crippen molar-refractivity contribution in [3.8, 4) is 0 Å². The van der Waals surface area contributed by atoms with Crippen molar-refractivity contribution in [1.82, 2.24) is 5.32 Å². The van der Waals surface area contributed by atoms with Crippen LogP contribution in [0.3, 0.4) is 0 Å². The van der Waals surface area contributed by atoms with E-state index in [0.29, 0.717) is 25.1 Å². The first kappa shape index (κ1) is 14.3. The highest BCUT2D eigenvalue weighted by Crippen LogP contribution is 2.24. The molecular weight excluding hydrogens is 244 g/mol. The lowest BCUT2D eigenvalue weighted by Gasteiger charge is -2.08. The number of halogens is 2. The lowest BCUT2D eigenvalue weighted by Crippen LogP contribution is -2.17. The predicted octanol–water partition coefficient (Wildman–Crippen LogP) is 2.28. The number of non-ortho nitro benzene ring substituents is 1. The highest BCUT2D eigenvalue weighted by Gasteiger charge is 2.16. The first-order valence-electron chi connectivity index (χ1n) is 5.64. The minimum absolute atomic E-state index is 0.322. The van der Waals surface area contributed by atoms with Gasteiger partial charge in [0.15, 0.2) is 11.6 Å². The van der Waals surface area contributed by atoms with Crippen molar-refractivity contribution in [3.63, 3.8) is 0 Å². The van der Waals surface area contributed by atoms with Gasteiger partial charge < -0.3 is 10.6 Å². The number of nitro benzene ring substituents is 1. The Bertz CT molecular complexity index is 404. The molecule has 0 atom stereocenters. The van der Waals surface area contributed by atoms with Gasteiger partial charge in [-0.3, -0.25) is 10.1 Å². The van der Waals surface area contributed by atoms with Crippen LogP contribution in [0, 0.1) is 21.7 Å². The second-order valence-corrected chi connectivity index (χ2v) is 3.68. The summed E-state index contributed by atoms with van der Waals surface area (Å²) in [5, 5.41) is 16.1. The quantitative estimate of drug-likeness (QED) is 0.448. The molecule has 0 heterocycles. The zero-order valence-electron chi connectivity index (χ0n) is 10.0. The molecule has 0 aliphatic heterocycles. The highest BCUT2D eigenvalue weighted by molar-refractivity contribution is 5.51. The molecule has 0 amide bonds. The Morgan fingerprint density at radius 3 is 2.39 bits per heavy atom. The Morgan fingerprint density at radius 1 is 1.28 bits per heavy atom. The number of hydrogen-bond acceptors (Lipinski definition) is 4. The van der Waals surface area contributed by atoms with Gasteiger partial charge in [-0.25, -0.2) is 8.78 Å². The maximum Gasteiger partial charge on any atom is 0.275 e. The SMILES string of the molecule is CCNCCCNc1c(F)cc([N+](=O)[O-])cc1F. The minimum atomic E-state index is -0.954. The lowest BCUT2D eigenvalue weighted by atomic mass is 10.2. The molecule has 1 aromatic carbocycles. The fourth-order valence-corrected chi connectivity index (χ4v) is 1.44. The molecule has 0 spiro atoms. The molecule has 7 heteroatoms. The molecule has 0 saturated heterocycles. The third-order valence-corrected chi connectivity index (χ3v) is 2.32. The first-order valence-corrected chi connectivity index (χ1v) is 5.64. The molecule has 0 fully saturated rings. The number of anilines is 1. The summed E-state index contributed by atoms with van der Waals surface area (Å²) in [6.45, 7) is 3.92. The van der Waals surface area contributed by atoms with E-state index in [1.807, 2.05) is 6.92 Å². The average Bonchev–Trinajstić information content (AvgIpc) is 2.31. The van der Waals surface area contributed by atoms with Gasteiger partial charge in [0.05, 0.1) is 17.1 Å². The standard InChI is InChI=1S/C11H15F2N3O2/c1-2-14-4-3-5-15-11-9(12)6-8(16(17)18)7-10(11)13/h6-7,14-15H,2-5H2,1H3. The maximum absolute atomic E-state index is 13.4. The molecule has 0 aromatic heterocycles. The van der Waals surface area contributed by atoms with Crippen LogP contribution in [0.4, 0.5) is 20.2 Å². The van der Waals surface area contributed by atoms with Crippen LogP contribution in [-0.4, -0.2) is 24.6 Å². The predicted molar refractivity (Wildman–Crippen MR) is 64.7 cm³/mol. The summed E-state index contributed by atoms with van der Waals surface area (Å²) < 4.78 is 26.8. The molecule has 5 nitrogen and oxygen atoms in total. The normalized spacial score (nSPS) is 10.4. The van der Waals surface area contributed by atoms with Gasteiger partial charge in [0.1, 0.15) is 5.69 Å². The van der Waals surface area contributed by atoms with Crippen LogP contribution < -0.4 is 10.6 Å². The molecule has 18 heavy (non-hydrogen) atoms. The van der Waals surface area contributed by atoms with Crippen LogP contribution in [0.25, 0.3) is 0 Å². The second kappa shape index (κ2) is 6.85. The van der Waals surface area contributed by atoms with E-state index in [-0.39, 0.29) is 5.69 Å². The molecule has 1 aromatic rings. The molecule has 0 bridgehead atoms. The van der Waals surface area contributed by atoms with Crippen LogP contribution in [0.1, 0.15) is 13.3 Å². The van der Waals surface area contributed by atoms with Gasteiger partial charge in [0.2, 0.25) is 0 Å². The van der Waals surface area contributed by atoms with E-state index in [9.17, 15) is 18.9 Å². The van der Waals surface area contributed by atoms with E-state index in [1.54, 1.807) is 0 Å². The van der Waals surface area contributed by atoms with Crippen molar-refractivity contribution in [1.29, 1.82) is 0 Å². The van der Waals surface area contributed by atoms with Gasteiger partial charge in [0, 0.05) is 6.54 Å². The van der Waals surface area contributed by atoms with Crippen LogP contribution in [0.5, 0.6) is 0 Å². The monoisotopic (exact) mass is 259 g/mol. The van der Waals surface area contributed by atoms with Crippen LogP contribution in [-0.2, 0) is 0 Å². The van der Waals surface area contributed by atoms with Gasteiger partial charge in [-0.2, -0.15) is 0 Å². The lowest BCUT2D eigenvalue weighted by molar-refractivity contribution is -0.385. The van der Waals surface area contributed by atoms with Gasteiger partial charge in [-0.1, -0.05) is 6.92 Å². The summed E-state index contributed by atoms with van der Waals surface area (Å²) >= 11 is 0. The number of rotatable bonds is 7. The van der Waals surface area contributed by atoms with Crippen LogP contribution >= 0.6 is 0 Å². The molecule has 0 aliphatic rings. The Kier molecular flexibility index (Phi) is 5.44. The molecule has 2 N–H and O–H groups in total. The van der Waals surface area contributed by atoms with Gasteiger partial charge in [-0.05, 0) is 19.5 Å².